The lowest BCUT2D eigenvalue weighted by molar-refractivity contribution is -0.208. The third-order valence-corrected chi connectivity index (χ3v) is 16.4. The van der Waals surface area contributed by atoms with Crippen LogP contribution in [0, 0.1) is 29.6 Å². The van der Waals surface area contributed by atoms with Crippen molar-refractivity contribution in [1.29, 1.82) is 0 Å². The standard InChI is InChI=1S/2C28H46O9/c1-18(2)28(6)36-24-19(3)16-33-26(4,20-8-9-20)12-10-22(29)31-14-7-15-32-23(30)11-13-27(5)34-17-21(35-27)25(24)37-28;1-19-17-33-21(20-9-8-10-20)11-12-23(29)31-15-6-4-5-7-16-32-24(30)13-14-25-34-18-22(35-25)27-26(19)36-28(2,3)37-27/h18-21,24-25H,7-17H2,1-6H3;19-22,25-27H,4-18H2,1-3H3. The summed E-state index contributed by atoms with van der Waals surface area (Å²) in [6, 6.07) is 0. The Morgan fingerprint density at radius 1 is 0.473 bits per heavy atom. The molecule has 13 atom stereocenters. The van der Waals surface area contributed by atoms with Gasteiger partial charge in [0, 0.05) is 49.9 Å². The topological polar surface area (TPSA) is 197 Å². The van der Waals surface area contributed by atoms with Crippen LogP contribution in [0.2, 0.25) is 0 Å². The molecule has 0 spiro atoms. The zero-order valence-electron chi connectivity index (χ0n) is 46.2. The van der Waals surface area contributed by atoms with Gasteiger partial charge < -0.3 is 66.3 Å². The summed E-state index contributed by atoms with van der Waals surface area (Å²) in [7, 11) is 0. The molecule has 4 bridgehead atoms. The number of rotatable bonds is 3. The number of ether oxygens (including phenoxy) is 14. The van der Waals surface area contributed by atoms with Crippen molar-refractivity contribution in [1.82, 2.24) is 0 Å². The van der Waals surface area contributed by atoms with Crippen LogP contribution in [0.1, 0.15) is 178 Å². The molecule has 18 nitrogen and oxygen atoms in total. The highest BCUT2D eigenvalue weighted by molar-refractivity contribution is 5.70. The fraction of sp³-hybridized carbons (Fsp3) is 0.929. The monoisotopic (exact) mass is 1050 g/mol. The summed E-state index contributed by atoms with van der Waals surface area (Å²) >= 11 is 0. The van der Waals surface area contributed by atoms with Crippen molar-refractivity contribution >= 4 is 23.9 Å². The van der Waals surface area contributed by atoms with E-state index in [0.29, 0.717) is 96.4 Å². The minimum atomic E-state index is -0.908. The molecule has 2 saturated carbocycles. The van der Waals surface area contributed by atoms with Crippen LogP contribution in [0.4, 0.5) is 0 Å². The number of esters is 4. The van der Waals surface area contributed by atoms with Gasteiger partial charge in [0.05, 0.1) is 89.6 Å². The number of cyclic esters (lactones) is 4. The maximum Gasteiger partial charge on any atom is 0.305 e. The summed E-state index contributed by atoms with van der Waals surface area (Å²) in [6.45, 7) is 21.2. The van der Waals surface area contributed by atoms with Crippen LogP contribution in [0.5, 0.6) is 0 Å². The van der Waals surface area contributed by atoms with Crippen molar-refractivity contribution in [2.24, 2.45) is 29.6 Å². The van der Waals surface area contributed by atoms with Gasteiger partial charge in [0.2, 0.25) is 0 Å². The van der Waals surface area contributed by atoms with E-state index in [4.69, 9.17) is 66.3 Å². The van der Waals surface area contributed by atoms with E-state index in [1.165, 1.54) is 6.42 Å². The van der Waals surface area contributed by atoms with Gasteiger partial charge in [-0.1, -0.05) is 34.1 Å². The van der Waals surface area contributed by atoms with Crippen molar-refractivity contribution in [2.75, 3.05) is 52.9 Å². The predicted molar refractivity (Wildman–Crippen MR) is 267 cm³/mol. The first-order valence-electron chi connectivity index (χ1n) is 28.4. The maximum absolute atomic E-state index is 12.4. The minimum absolute atomic E-state index is 0.0200. The molecule has 13 unspecified atom stereocenters. The quantitative estimate of drug-likeness (QED) is 0.193. The van der Waals surface area contributed by atoms with Gasteiger partial charge in [-0.25, -0.2) is 0 Å². The Bertz CT molecular complexity index is 1800. The minimum Gasteiger partial charge on any atom is -0.466 e. The normalized spacial score (nSPS) is 40.5. The first-order valence-corrected chi connectivity index (χ1v) is 28.4. The highest BCUT2D eigenvalue weighted by Crippen LogP contribution is 2.47. The third-order valence-electron chi connectivity index (χ3n) is 16.4. The maximum atomic E-state index is 12.4. The van der Waals surface area contributed by atoms with Crippen molar-refractivity contribution < 1.29 is 85.5 Å². The second-order valence-electron chi connectivity index (χ2n) is 23.6. The first-order chi connectivity index (χ1) is 35.2. The lowest BCUT2D eigenvalue weighted by Gasteiger charge is -2.35. The van der Waals surface area contributed by atoms with Gasteiger partial charge >= 0.3 is 23.9 Å². The van der Waals surface area contributed by atoms with Crippen molar-refractivity contribution in [3.8, 4) is 0 Å². The zero-order valence-corrected chi connectivity index (χ0v) is 46.2. The molecule has 8 fully saturated rings. The molecule has 6 heterocycles. The first kappa shape index (κ1) is 59.1. The average molecular weight is 1050 g/mol. The van der Waals surface area contributed by atoms with Crippen LogP contribution in [0.15, 0.2) is 0 Å². The van der Waals surface area contributed by atoms with E-state index in [9.17, 15) is 19.2 Å². The molecule has 8 rings (SSSR count). The molecular formula is C56H92O18. The Morgan fingerprint density at radius 2 is 1.03 bits per heavy atom. The second kappa shape index (κ2) is 26.9. The molecule has 6 saturated heterocycles. The van der Waals surface area contributed by atoms with Crippen molar-refractivity contribution in [3.63, 3.8) is 0 Å². The van der Waals surface area contributed by atoms with Crippen LogP contribution < -0.4 is 0 Å². The molecule has 0 amide bonds. The van der Waals surface area contributed by atoms with E-state index in [-0.39, 0.29) is 110 Å². The van der Waals surface area contributed by atoms with Crippen LogP contribution in [0.25, 0.3) is 0 Å². The van der Waals surface area contributed by atoms with Crippen molar-refractivity contribution in [2.45, 2.75) is 250 Å². The zero-order chi connectivity index (χ0) is 53.1. The van der Waals surface area contributed by atoms with E-state index in [2.05, 4.69) is 34.6 Å². The van der Waals surface area contributed by atoms with E-state index in [1.807, 2.05) is 27.7 Å². The Hall–Kier alpha value is -2.52. The number of hydrogen-bond donors (Lipinski definition) is 0. The highest BCUT2D eigenvalue weighted by atomic mass is 16.8. The van der Waals surface area contributed by atoms with Crippen molar-refractivity contribution in [3.05, 3.63) is 0 Å². The molecule has 0 aromatic heterocycles. The molecule has 0 aromatic rings. The van der Waals surface area contributed by atoms with Crippen LogP contribution >= 0.6 is 0 Å². The molecule has 0 N–H and O–H groups in total. The summed E-state index contributed by atoms with van der Waals surface area (Å²) in [5.74, 6) is -2.22. The summed E-state index contributed by atoms with van der Waals surface area (Å²) in [6.07, 6.45) is 10.7. The van der Waals surface area contributed by atoms with E-state index >= 15 is 0 Å². The summed E-state index contributed by atoms with van der Waals surface area (Å²) in [5, 5.41) is 0. The average Bonchev–Trinajstić information content (AvgIpc) is 3.63. The van der Waals surface area contributed by atoms with Crippen LogP contribution in [0.3, 0.4) is 0 Å². The fourth-order valence-electron chi connectivity index (χ4n) is 11.0. The van der Waals surface area contributed by atoms with Crippen LogP contribution in [-0.2, 0) is 85.5 Å². The Balaban J connectivity index is 0.000000216. The van der Waals surface area contributed by atoms with Gasteiger partial charge in [0.25, 0.3) is 0 Å². The van der Waals surface area contributed by atoms with Gasteiger partial charge in [-0.05, 0) is 111 Å². The SMILES string of the molecule is CC1COC(C)(C2CC2)CCC(=O)OCCCOC(=O)CCC2(C)OCC(O2)C2OC(C)(C(C)C)OC12.CC1COC(C2CCC2)CCC(=O)OCCCCCCOC(=O)CCC2OCC(O2)C2OC(C)(C)OC12. The molecule has 74 heavy (non-hydrogen) atoms. The van der Waals surface area contributed by atoms with Gasteiger partial charge in [-0.15, -0.1) is 0 Å². The van der Waals surface area contributed by atoms with Gasteiger partial charge in [0.15, 0.2) is 23.7 Å². The van der Waals surface area contributed by atoms with E-state index in [1.54, 1.807) is 0 Å². The lowest BCUT2D eigenvalue weighted by atomic mass is 9.79. The largest absolute Gasteiger partial charge is 0.466 e. The fourth-order valence-corrected chi connectivity index (χ4v) is 11.0. The highest BCUT2D eigenvalue weighted by Gasteiger charge is 2.55. The lowest BCUT2D eigenvalue weighted by Crippen LogP contribution is -2.44. The summed E-state index contributed by atoms with van der Waals surface area (Å²) < 4.78 is 84.6. The van der Waals surface area contributed by atoms with Gasteiger partial charge in [-0.3, -0.25) is 19.2 Å². The van der Waals surface area contributed by atoms with Crippen LogP contribution in [-0.4, -0.2) is 149 Å². The molecule has 424 valence electrons. The second-order valence-corrected chi connectivity index (χ2v) is 23.6. The summed E-state index contributed by atoms with van der Waals surface area (Å²) in [4.78, 5) is 49.1. The molecular weight excluding hydrogens is 961 g/mol. The molecule has 18 heteroatoms. The molecule has 2 aliphatic carbocycles. The number of carbonyl (C=O) groups is 4. The smallest absolute Gasteiger partial charge is 0.305 e. The number of hydrogen-bond acceptors (Lipinski definition) is 18. The van der Waals surface area contributed by atoms with E-state index in [0.717, 1.165) is 51.4 Å². The van der Waals surface area contributed by atoms with Gasteiger partial charge in [0.1, 0.15) is 24.4 Å². The number of fused-ring (bicyclic) bond motifs is 8. The Labute approximate surface area is 440 Å². The van der Waals surface area contributed by atoms with Gasteiger partial charge in [-0.2, -0.15) is 0 Å². The number of carbonyl (C=O) groups excluding carboxylic acids is 4. The third kappa shape index (κ3) is 17.0. The Morgan fingerprint density at radius 3 is 1.65 bits per heavy atom. The molecule has 6 aliphatic heterocycles. The molecule has 0 aromatic carbocycles. The molecule has 0 radical (unpaired) electrons. The van der Waals surface area contributed by atoms with E-state index < -0.39 is 29.3 Å². The summed E-state index contributed by atoms with van der Waals surface area (Å²) in [5.41, 5.74) is -0.397. The Kier molecular flexibility index (Phi) is 21.5. The molecule has 8 aliphatic rings. The predicted octanol–water partition coefficient (Wildman–Crippen LogP) is 8.44.